The zero-order valence-corrected chi connectivity index (χ0v) is 6.77. The molecule has 6 heteroatoms. The molecule has 2 heterocycles. The van der Waals surface area contributed by atoms with Crippen molar-refractivity contribution in [3.05, 3.63) is 11.7 Å². The molecule has 1 aromatic rings. The summed E-state index contributed by atoms with van der Waals surface area (Å²) in [4.78, 5) is 14.1. The molecule has 2 rings (SSSR count). The van der Waals surface area contributed by atoms with Gasteiger partial charge in [0, 0.05) is 6.61 Å². The lowest BCUT2D eigenvalue weighted by molar-refractivity contribution is 0.0680. The Morgan fingerprint density at radius 2 is 2.46 bits per heavy atom. The van der Waals surface area contributed by atoms with E-state index in [9.17, 15) is 4.79 Å². The molecule has 1 aliphatic rings. The summed E-state index contributed by atoms with van der Waals surface area (Å²) in [7, 11) is 0. The van der Waals surface area contributed by atoms with Crippen LogP contribution in [-0.2, 0) is 4.74 Å². The van der Waals surface area contributed by atoms with Crippen LogP contribution in [0, 0.1) is 0 Å². The number of carbonyl (C=O) groups is 1. The lowest BCUT2D eigenvalue weighted by Crippen LogP contribution is -2.01. The maximum Gasteiger partial charge on any atom is 0.377 e. The summed E-state index contributed by atoms with van der Waals surface area (Å²) in [5.74, 6) is -1.05. The molecule has 1 N–H and O–H groups in total. The van der Waals surface area contributed by atoms with Crippen molar-refractivity contribution in [1.82, 2.24) is 10.1 Å². The van der Waals surface area contributed by atoms with Crippen LogP contribution in [0.3, 0.4) is 0 Å². The zero-order valence-electron chi connectivity index (χ0n) is 6.77. The van der Waals surface area contributed by atoms with Gasteiger partial charge < -0.3 is 14.4 Å². The van der Waals surface area contributed by atoms with E-state index in [0.717, 1.165) is 6.42 Å². The van der Waals surface area contributed by atoms with Gasteiger partial charge >= 0.3 is 5.97 Å². The molecule has 1 aromatic heterocycles. The summed E-state index contributed by atoms with van der Waals surface area (Å²) in [6.07, 6.45) is 0.807. The minimum Gasteiger partial charge on any atom is -0.475 e. The number of carboxylic acids is 1. The van der Waals surface area contributed by atoms with Gasteiger partial charge in [-0.3, -0.25) is 0 Å². The molecule has 1 saturated heterocycles. The van der Waals surface area contributed by atoms with E-state index in [0.29, 0.717) is 19.1 Å². The number of hydrogen-bond acceptors (Lipinski definition) is 5. The van der Waals surface area contributed by atoms with E-state index in [4.69, 9.17) is 14.4 Å². The van der Waals surface area contributed by atoms with Crippen molar-refractivity contribution in [2.45, 2.75) is 12.3 Å². The van der Waals surface area contributed by atoms with Gasteiger partial charge in [-0.15, -0.1) is 0 Å². The van der Waals surface area contributed by atoms with Gasteiger partial charge in [-0.05, 0) is 11.6 Å². The number of ether oxygens (including phenoxy) is 1. The third kappa shape index (κ3) is 1.52. The van der Waals surface area contributed by atoms with Crippen molar-refractivity contribution in [1.29, 1.82) is 0 Å². The Kier molecular flexibility index (Phi) is 1.97. The monoisotopic (exact) mass is 184 g/mol. The number of aromatic nitrogens is 2. The Morgan fingerprint density at radius 3 is 3.00 bits per heavy atom. The Labute approximate surface area is 73.5 Å². The van der Waals surface area contributed by atoms with Gasteiger partial charge in [0.25, 0.3) is 5.82 Å². The van der Waals surface area contributed by atoms with Crippen LogP contribution in [0.5, 0.6) is 0 Å². The summed E-state index contributed by atoms with van der Waals surface area (Å²) < 4.78 is 9.89. The topological polar surface area (TPSA) is 85.5 Å². The average Bonchev–Trinajstić information content (AvgIpc) is 2.75. The molecule has 1 atom stereocenters. The Balaban J connectivity index is 2.16. The highest BCUT2D eigenvalue weighted by molar-refractivity contribution is 5.82. The second-order valence-electron chi connectivity index (χ2n) is 2.82. The Hall–Kier alpha value is -1.43. The lowest BCUT2D eigenvalue weighted by Gasteiger charge is -1.96. The van der Waals surface area contributed by atoms with Gasteiger partial charge in [0.15, 0.2) is 0 Å². The second kappa shape index (κ2) is 3.14. The molecule has 1 fully saturated rings. The van der Waals surface area contributed by atoms with Crippen LogP contribution in [-0.4, -0.2) is 34.4 Å². The summed E-state index contributed by atoms with van der Waals surface area (Å²) in [6.45, 7) is 1.19. The van der Waals surface area contributed by atoms with Crippen molar-refractivity contribution in [3.8, 4) is 0 Å². The normalized spacial score (nSPS) is 22.0. The third-order valence-electron chi connectivity index (χ3n) is 1.91. The van der Waals surface area contributed by atoms with Crippen molar-refractivity contribution in [2.75, 3.05) is 13.2 Å². The first kappa shape index (κ1) is 8.18. The van der Waals surface area contributed by atoms with Crippen molar-refractivity contribution in [3.63, 3.8) is 0 Å². The third-order valence-corrected chi connectivity index (χ3v) is 1.91. The summed E-state index contributed by atoms with van der Waals surface area (Å²) in [5, 5.41) is 11.8. The smallest absolute Gasteiger partial charge is 0.377 e. The largest absolute Gasteiger partial charge is 0.475 e. The van der Waals surface area contributed by atoms with Crippen molar-refractivity contribution < 1.29 is 19.2 Å². The fourth-order valence-corrected chi connectivity index (χ4v) is 1.22. The molecular formula is C7H8N2O4. The fraction of sp³-hybridized carbons (Fsp3) is 0.571. The molecule has 0 saturated carbocycles. The molecule has 0 aliphatic carbocycles. The molecule has 6 nitrogen and oxygen atoms in total. The zero-order chi connectivity index (χ0) is 9.26. The SMILES string of the molecule is O=C(O)c1noc(C2CCOC2)n1. The first-order chi connectivity index (χ1) is 6.27. The molecule has 1 aliphatic heterocycles. The van der Waals surface area contributed by atoms with Crippen molar-refractivity contribution in [2.24, 2.45) is 0 Å². The van der Waals surface area contributed by atoms with Gasteiger partial charge in [0.2, 0.25) is 5.89 Å². The quantitative estimate of drug-likeness (QED) is 0.710. The molecule has 0 amide bonds. The van der Waals surface area contributed by atoms with Crippen LogP contribution >= 0.6 is 0 Å². The Bertz CT molecular complexity index is 316. The minimum absolute atomic E-state index is 0.0561. The fourth-order valence-electron chi connectivity index (χ4n) is 1.22. The summed E-state index contributed by atoms with van der Waals surface area (Å²) >= 11 is 0. The van der Waals surface area contributed by atoms with Crippen LogP contribution in [0.4, 0.5) is 0 Å². The molecule has 70 valence electrons. The van der Waals surface area contributed by atoms with Crippen LogP contribution in [0.15, 0.2) is 4.52 Å². The van der Waals surface area contributed by atoms with E-state index >= 15 is 0 Å². The van der Waals surface area contributed by atoms with E-state index in [1.54, 1.807) is 0 Å². The molecule has 1 unspecified atom stereocenters. The van der Waals surface area contributed by atoms with Gasteiger partial charge in [-0.2, -0.15) is 4.98 Å². The molecule has 0 aromatic carbocycles. The first-order valence-corrected chi connectivity index (χ1v) is 3.92. The number of rotatable bonds is 2. The molecule has 0 radical (unpaired) electrons. The van der Waals surface area contributed by atoms with E-state index in [-0.39, 0.29) is 11.7 Å². The maximum absolute atomic E-state index is 10.4. The molecule has 0 bridgehead atoms. The molecule has 13 heavy (non-hydrogen) atoms. The molecule has 0 spiro atoms. The van der Waals surface area contributed by atoms with Crippen LogP contribution in [0.25, 0.3) is 0 Å². The number of nitrogens with zero attached hydrogens (tertiary/aromatic N) is 2. The highest BCUT2D eigenvalue weighted by Crippen LogP contribution is 2.23. The van der Waals surface area contributed by atoms with Crippen LogP contribution in [0.2, 0.25) is 0 Å². The van der Waals surface area contributed by atoms with Gasteiger partial charge in [-0.25, -0.2) is 4.79 Å². The predicted octanol–water partition coefficient (Wildman–Crippen LogP) is 0.272. The maximum atomic E-state index is 10.4. The standard InChI is InChI=1S/C7H8N2O4/c10-7(11)5-8-6(13-9-5)4-1-2-12-3-4/h4H,1-3H2,(H,10,11). The van der Waals surface area contributed by atoms with E-state index in [1.165, 1.54) is 0 Å². The first-order valence-electron chi connectivity index (χ1n) is 3.92. The second-order valence-corrected chi connectivity index (χ2v) is 2.82. The number of carboxylic acid groups (broad SMARTS) is 1. The van der Waals surface area contributed by atoms with Crippen LogP contribution < -0.4 is 0 Å². The highest BCUT2D eigenvalue weighted by atomic mass is 16.5. The van der Waals surface area contributed by atoms with Gasteiger partial charge in [0.05, 0.1) is 12.5 Å². The predicted molar refractivity (Wildman–Crippen MR) is 39.4 cm³/mol. The van der Waals surface area contributed by atoms with E-state index in [1.807, 2.05) is 0 Å². The average molecular weight is 184 g/mol. The lowest BCUT2D eigenvalue weighted by atomic mass is 10.1. The summed E-state index contributed by atoms with van der Waals surface area (Å²) in [6, 6.07) is 0. The van der Waals surface area contributed by atoms with Crippen LogP contribution in [0.1, 0.15) is 28.8 Å². The number of hydrogen-bond donors (Lipinski definition) is 1. The summed E-state index contributed by atoms with van der Waals surface area (Å²) in [5.41, 5.74) is 0. The Morgan fingerprint density at radius 1 is 1.62 bits per heavy atom. The van der Waals surface area contributed by atoms with Gasteiger partial charge in [-0.1, -0.05) is 0 Å². The molecular weight excluding hydrogens is 176 g/mol. The minimum atomic E-state index is -1.17. The van der Waals surface area contributed by atoms with E-state index in [2.05, 4.69) is 10.1 Å². The van der Waals surface area contributed by atoms with Gasteiger partial charge in [0.1, 0.15) is 0 Å². The number of aromatic carboxylic acids is 1. The highest BCUT2D eigenvalue weighted by Gasteiger charge is 2.25. The van der Waals surface area contributed by atoms with Crippen molar-refractivity contribution >= 4 is 5.97 Å². The van der Waals surface area contributed by atoms with E-state index < -0.39 is 5.97 Å².